The SMILES string of the molecule is Cn1c(=O)c2c(ncn2CCCCO[N+](=O)[O-])n(C)c1=O. The third kappa shape index (κ3) is 2.78. The van der Waals surface area contributed by atoms with Crippen LogP contribution in [0, 0.1) is 10.1 Å². The van der Waals surface area contributed by atoms with Crippen LogP contribution in [0.3, 0.4) is 0 Å². The third-order valence-corrected chi connectivity index (χ3v) is 3.21. The quantitative estimate of drug-likeness (QED) is 0.400. The molecule has 0 fully saturated rings. The summed E-state index contributed by atoms with van der Waals surface area (Å²) in [6.45, 7) is 0.473. The predicted molar refractivity (Wildman–Crippen MR) is 72.4 cm³/mol. The van der Waals surface area contributed by atoms with E-state index >= 15 is 0 Å². The number of aromatic nitrogens is 4. The fourth-order valence-corrected chi connectivity index (χ4v) is 2.09. The molecule has 0 aliphatic rings. The molecule has 10 nitrogen and oxygen atoms in total. The van der Waals surface area contributed by atoms with Gasteiger partial charge in [0.2, 0.25) is 0 Å². The highest BCUT2D eigenvalue weighted by Gasteiger charge is 2.13. The zero-order valence-corrected chi connectivity index (χ0v) is 11.7. The van der Waals surface area contributed by atoms with Gasteiger partial charge in [0.25, 0.3) is 10.6 Å². The van der Waals surface area contributed by atoms with E-state index in [4.69, 9.17) is 0 Å². The Kier molecular flexibility index (Phi) is 4.05. The lowest BCUT2D eigenvalue weighted by Crippen LogP contribution is -2.37. The molecule has 2 heterocycles. The molecule has 0 radical (unpaired) electrons. The normalized spacial score (nSPS) is 11.0. The minimum atomic E-state index is -0.835. The Morgan fingerprint density at radius 2 is 2.00 bits per heavy atom. The summed E-state index contributed by atoms with van der Waals surface area (Å²) < 4.78 is 3.97. The van der Waals surface area contributed by atoms with Crippen LogP contribution in [-0.4, -0.2) is 30.4 Å². The van der Waals surface area contributed by atoms with Gasteiger partial charge >= 0.3 is 5.69 Å². The fourth-order valence-electron chi connectivity index (χ4n) is 2.09. The second-order valence-corrected chi connectivity index (χ2v) is 4.58. The van der Waals surface area contributed by atoms with Gasteiger partial charge in [0.15, 0.2) is 11.2 Å². The summed E-state index contributed by atoms with van der Waals surface area (Å²) in [7, 11) is 2.96. The lowest BCUT2D eigenvalue weighted by molar-refractivity contribution is -0.757. The van der Waals surface area contributed by atoms with Crippen molar-refractivity contribution in [2.24, 2.45) is 14.1 Å². The smallest absolute Gasteiger partial charge is 0.325 e. The van der Waals surface area contributed by atoms with Gasteiger partial charge in [-0.1, -0.05) is 0 Å². The molecule has 10 heteroatoms. The molecule has 0 amide bonds. The lowest BCUT2D eigenvalue weighted by Gasteiger charge is -2.06. The average molecular weight is 297 g/mol. The van der Waals surface area contributed by atoms with Gasteiger partial charge < -0.3 is 9.40 Å². The third-order valence-electron chi connectivity index (χ3n) is 3.21. The van der Waals surface area contributed by atoms with E-state index in [2.05, 4.69) is 9.82 Å². The lowest BCUT2D eigenvalue weighted by atomic mass is 10.3. The maximum Gasteiger partial charge on any atom is 0.332 e. The van der Waals surface area contributed by atoms with Crippen molar-refractivity contribution < 1.29 is 9.92 Å². The van der Waals surface area contributed by atoms with Crippen molar-refractivity contribution in [2.75, 3.05) is 6.61 Å². The molecule has 2 aromatic heterocycles. The van der Waals surface area contributed by atoms with Crippen LogP contribution in [0.4, 0.5) is 0 Å². The molecule has 0 saturated carbocycles. The van der Waals surface area contributed by atoms with E-state index in [0.717, 1.165) is 4.57 Å². The molecular weight excluding hydrogens is 282 g/mol. The Morgan fingerprint density at radius 1 is 1.29 bits per heavy atom. The Bertz CT molecular complexity index is 787. The Hall–Kier alpha value is -2.65. The van der Waals surface area contributed by atoms with Crippen LogP contribution in [0.25, 0.3) is 11.2 Å². The van der Waals surface area contributed by atoms with Crippen LogP contribution in [0.5, 0.6) is 0 Å². The summed E-state index contributed by atoms with van der Waals surface area (Å²) >= 11 is 0. The molecule has 0 unspecified atom stereocenters. The molecule has 0 N–H and O–H groups in total. The largest absolute Gasteiger partial charge is 0.332 e. The molecule has 0 atom stereocenters. The van der Waals surface area contributed by atoms with Crippen molar-refractivity contribution in [2.45, 2.75) is 19.4 Å². The number of rotatable bonds is 6. The van der Waals surface area contributed by atoms with E-state index in [1.165, 1.54) is 17.9 Å². The van der Waals surface area contributed by atoms with Crippen LogP contribution in [0.1, 0.15) is 12.8 Å². The number of hydrogen-bond acceptors (Lipinski definition) is 6. The molecule has 0 aliphatic carbocycles. The summed E-state index contributed by atoms with van der Waals surface area (Å²) in [5.41, 5.74) is -0.177. The molecule has 0 bridgehead atoms. The minimum absolute atomic E-state index is 0.0100. The van der Waals surface area contributed by atoms with E-state index in [-0.39, 0.29) is 6.61 Å². The van der Waals surface area contributed by atoms with Gasteiger partial charge in [-0.3, -0.25) is 13.9 Å². The number of aryl methyl sites for hydroxylation is 2. The van der Waals surface area contributed by atoms with Crippen molar-refractivity contribution in [1.82, 2.24) is 18.7 Å². The van der Waals surface area contributed by atoms with E-state index in [9.17, 15) is 19.7 Å². The number of fused-ring (bicyclic) bond motifs is 1. The van der Waals surface area contributed by atoms with Crippen LogP contribution >= 0.6 is 0 Å². The first-order chi connectivity index (χ1) is 9.93. The van der Waals surface area contributed by atoms with Gasteiger partial charge in [-0.05, 0) is 12.8 Å². The molecular formula is C11H15N5O5. The zero-order valence-electron chi connectivity index (χ0n) is 11.7. The summed E-state index contributed by atoms with van der Waals surface area (Å²) in [6, 6.07) is 0. The van der Waals surface area contributed by atoms with Gasteiger partial charge in [-0.25, -0.2) is 9.78 Å². The van der Waals surface area contributed by atoms with E-state index in [0.29, 0.717) is 30.6 Å². The number of nitrogens with zero attached hydrogens (tertiary/aromatic N) is 5. The van der Waals surface area contributed by atoms with E-state index in [1.54, 1.807) is 11.6 Å². The van der Waals surface area contributed by atoms with Crippen molar-refractivity contribution >= 4 is 11.2 Å². The second kappa shape index (κ2) is 5.77. The Morgan fingerprint density at radius 3 is 2.67 bits per heavy atom. The molecule has 0 aromatic carbocycles. The molecule has 0 aliphatic heterocycles. The zero-order chi connectivity index (χ0) is 15.6. The second-order valence-electron chi connectivity index (χ2n) is 4.58. The van der Waals surface area contributed by atoms with Gasteiger partial charge in [0.05, 0.1) is 12.9 Å². The molecule has 0 saturated heterocycles. The van der Waals surface area contributed by atoms with Crippen LogP contribution < -0.4 is 11.2 Å². The van der Waals surface area contributed by atoms with Gasteiger partial charge in [-0.2, -0.15) is 0 Å². The maximum absolute atomic E-state index is 12.1. The van der Waals surface area contributed by atoms with Crippen LogP contribution in [0.15, 0.2) is 15.9 Å². The van der Waals surface area contributed by atoms with Crippen molar-refractivity contribution in [1.29, 1.82) is 0 Å². The highest BCUT2D eigenvalue weighted by Crippen LogP contribution is 2.07. The number of hydrogen-bond donors (Lipinski definition) is 0. The highest BCUT2D eigenvalue weighted by atomic mass is 16.9. The van der Waals surface area contributed by atoms with Crippen molar-refractivity contribution in [3.05, 3.63) is 37.3 Å². The van der Waals surface area contributed by atoms with E-state index in [1.807, 2.05) is 0 Å². The number of imidazole rings is 1. The molecule has 21 heavy (non-hydrogen) atoms. The summed E-state index contributed by atoms with van der Waals surface area (Å²) in [5.74, 6) is 0. The first-order valence-corrected chi connectivity index (χ1v) is 6.31. The molecule has 2 aromatic rings. The monoisotopic (exact) mass is 297 g/mol. The van der Waals surface area contributed by atoms with Crippen molar-refractivity contribution in [3.8, 4) is 0 Å². The maximum atomic E-state index is 12.1. The Labute approximate surface area is 118 Å². The molecule has 114 valence electrons. The first kappa shape index (κ1) is 14.8. The van der Waals surface area contributed by atoms with Gasteiger partial charge in [0.1, 0.15) is 0 Å². The van der Waals surface area contributed by atoms with Crippen LogP contribution in [0.2, 0.25) is 0 Å². The predicted octanol–water partition coefficient (Wildman–Crippen LogP) is -0.578. The van der Waals surface area contributed by atoms with Gasteiger partial charge in [-0.15, -0.1) is 10.1 Å². The van der Waals surface area contributed by atoms with E-state index < -0.39 is 16.3 Å². The summed E-state index contributed by atoms with van der Waals surface area (Å²) in [4.78, 5) is 42.2. The van der Waals surface area contributed by atoms with Gasteiger partial charge in [0, 0.05) is 20.6 Å². The molecule has 2 rings (SSSR count). The standard InChI is InChI=1S/C11H15N5O5/c1-13-9-8(10(17)14(2)11(13)18)15(7-12-9)5-3-4-6-21-16(19)20/h7H,3-6H2,1-2H3. The average Bonchev–Trinajstić information content (AvgIpc) is 2.86. The van der Waals surface area contributed by atoms with Crippen molar-refractivity contribution in [3.63, 3.8) is 0 Å². The van der Waals surface area contributed by atoms with Crippen LogP contribution in [-0.2, 0) is 25.5 Å². The highest BCUT2D eigenvalue weighted by molar-refractivity contribution is 5.69. The Balaban J connectivity index is 2.21. The molecule has 0 spiro atoms. The topological polar surface area (TPSA) is 114 Å². The fraction of sp³-hybridized carbons (Fsp3) is 0.545. The summed E-state index contributed by atoms with van der Waals surface area (Å²) in [6.07, 6.45) is 2.55. The minimum Gasteiger partial charge on any atom is -0.325 e. The summed E-state index contributed by atoms with van der Waals surface area (Å²) in [5, 5.41) is 9.17. The number of unbranched alkanes of at least 4 members (excludes halogenated alkanes) is 1. The first-order valence-electron chi connectivity index (χ1n) is 6.31.